The number of hydrogen-bond donors (Lipinski definition) is 4. The molecule has 33 nitrogen and oxygen atoms in total. The first-order valence-corrected chi connectivity index (χ1v) is 27.0. The molecule has 4 aromatic carbocycles. The SMILES string of the molecule is C#Cc1noc(-n2nnn(C)c2=O)c1CO.C=Cc1noc(-n2nnn(C)c2=O)c1CO.CCOc1noc(-n2nnn(C)c2=O)c1CO.Cc1noc(-n2nnn(C)c2=O)c1CO.[3H]c1cccc(C)c1.[3H]c1cccc(C)c1.[3H]c1cccc(C)c1.[3H]c1cccc(C)c1. The Morgan fingerprint density at radius 3 is 1.10 bits per heavy atom. The Balaban J connectivity index is 0.000000202. The number of aryl methyl sites for hydroxylation is 9. The van der Waals surface area contributed by atoms with Crippen LogP contribution in [0.25, 0.3) is 29.6 Å². The van der Waals surface area contributed by atoms with Gasteiger partial charge in [0.1, 0.15) is 11.3 Å². The zero-order valence-electron chi connectivity index (χ0n) is 55.5. The van der Waals surface area contributed by atoms with Crippen molar-refractivity contribution in [3.63, 3.8) is 0 Å². The molecular formula is C59H68N20O13. The second kappa shape index (κ2) is 35.8. The zero-order chi connectivity index (χ0) is 70.8. The van der Waals surface area contributed by atoms with Crippen molar-refractivity contribution in [2.45, 2.75) is 68.0 Å². The van der Waals surface area contributed by atoms with Crippen molar-refractivity contribution in [3.8, 4) is 41.8 Å². The smallest absolute Gasteiger partial charge is 0.370 e. The van der Waals surface area contributed by atoms with Crippen LogP contribution in [0.3, 0.4) is 0 Å². The van der Waals surface area contributed by atoms with Crippen LogP contribution in [0.4, 0.5) is 0 Å². The van der Waals surface area contributed by atoms with Crippen LogP contribution in [-0.2, 0) is 54.6 Å². The lowest BCUT2D eigenvalue weighted by Crippen LogP contribution is -2.22. The topological polar surface area (TPSA) is 405 Å². The molecule has 12 aromatic rings. The van der Waals surface area contributed by atoms with Gasteiger partial charge in [-0.3, -0.25) is 0 Å². The van der Waals surface area contributed by atoms with E-state index in [0.717, 1.165) is 59.7 Å². The molecule has 0 saturated heterocycles. The number of benzene rings is 4. The molecule has 4 N–H and O–H groups in total. The van der Waals surface area contributed by atoms with Gasteiger partial charge in [-0.2, -0.15) is 18.7 Å². The van der Waals surface area contributed by atoms with Gasteiger partial charge in [-0.25, -0.2) is 19.2 Å². The van der Waals surface area contributed by atoms with Crippen molar-refractivity contribution in [1.29, 1.82) is 0 Å². The minimum absolute atomic E-state index is 0.00838. The molecule has 0 radical (unpaired) electrons. The van der Waals surface area contributed by atoms with E-state index in [1.807, 2.05) is 100 Å². The Morgan fingerprint density at radius 2 is 0.804 bits per heavy atom. The van der Waals surface area contributed by atoms with E-state index >= 15 is 0 Å². The second-order valence-corrected chi connectivity index (χ2v) is 18.4. The molecule has 12 rings (SSSR count). The molecule has 0 aliphatic heterocycles. The van der Waals surface area contributed by atoms with Crippen LogP contribution in [0.1, 0.15) is 74.0 Å². The second-order valence-electron chi connectivity index (χ2n) is 18.4. The molecule has 0 bridgehead atoms. The van der Waals surface area contributed by atoms with Crippen molar-refractivity contribution < 1.29 is 48.7 Å². The number of nitrogens with zero attached hydrogens (tertiary/aromatic N) is 20. The van der Waals surface area contributed by atoms with Gasteiger partial charge in [0.2, 0.25) is 0 Å². The number of aromatic nitrogens is 20. The van der Waals surface area contributed by atoms with Gasteiger partial charge in [0.05, 0.1) is 60.9 Å². The highest BCUT2D eigenvalue weighted by atomic mass is 16.5. The summed E-state index contributed by atoms with van der Waals surface area (Å²) in [5, 5.41) is 79.4. The quantitative estimate of drug-likeness (QED) is 0.135. The number of aliphatic hydroxyl groups is 4. The molecule has 0 unspecified atom stereocenters. The Bertz CT molecular complexity index is 4510. The molecule has 0 saturated carbocycles. The van der Waals surface area contributed by atoms with E-state index in [1.165, 1.54) is 34.3 Å². The van der Waals surface area contributed by atoms with Gasteiger partial charge in [-0.15, -0.1) is 25.2 Å². The first-order chi connectivity index (χ1) is 45.9. The van der Waals surface area contributed by atoms with Crippen molar-refractivity contribution in [1.82, 2.24) is 99.8 Å². The Labute approximate surface area is 529 Å². The molecule has 92 heavy (non-hydrogen) atoms. The first kappa shape index (κ1) is 64.6. The number of tetrazole rings is 4. The highest BCUT2D eigenvalue weighted by Gasteiger charge is 2.23. The van der Waals surface area contributed by atoms with E-state index in [9.17, 15) is 24.3 Å². The van der Waals surface area contributed by atoms with Crippen LogP contribution < -0.4 is 27.5 Å². The zero-order valence-corrected chi connectivity index (χ0v) is 51.5. The lowest BCUT2D eigenvalue weighted by atomic mass is 10.2. The van der Waals surface area contributed by atoms with Gasteiger partial charge in [0, 0.05) is 28.2 Å². The first-order valence-electron chi connectivity index (χ1n) is 29.0. The lowest BCUT2D eigenvalue weighted by Gasteiger charge is -1.99. The molecule has 0 fully saturated rings. The lowest BCUT2D eigenvalue weighted by molar-refractivity contribution is 0.263. The summed E-state index contributed by atoms with van der Waals surface area (Å²) in [6.07, 6.45) is 6.57. The van der Waals surface area contributed by atoms with Crippen LogP contribution in [0, 0.1) is 47.0 Å². The average molecular weight is 1270 g/mol. The summed E-state index contributed by atoms with van der Waals surface area (Å²) in [6, 6.07) is 32.3. The van der Waals surface area contributed by atoms with Crippen LogP contribution in [0.5, 0.6) is 5.88 Å². The Hall–Kier alpha value is -11.9. The number of ether oxygens (including phenoxy) is 1. The maximum Gasteiger partial charge on any atom is 0.370 e. The van der Waals surface area contributed by atoms with E-state index < -0.39 is 29.4 Å². The molecule has 0 spiro atoms. The van der Waals surface area contributed by atoms with E-state index in [2.05, 4.69) is 74.8 Å². The molecule has 8 heterocycles. The standard InChI is InChI=1S/C8H11N5O4.C8H9N5O3.C8H7N5O3.C7H9N5O3.4C7H8/c1-3-16-6-5(4-14)7(17-9-6)13-8(15)12(2)10-11-13;2*1-3-6-5(4-14)7(16-9-6)13-8(15)12(2)10-11-13;1-4-5(3-13)6(15-8-4)12-7(14)11(2)9-10-12;4*1-7-5-3-2-4-6-7/h14H,3-4H2,1-2H3;3,14H,1,4H2,2H3;1,14H,4H2,2H3;13H,3H2,1-2H3;4*2-6H,1H3/i;;;;4*3T. The normalized spacial score (nSPS) is 10.7. The molecule has 0 aliphatic rings. The Kier molecular flexibility index (Phi) is 25.2. The van der Waals surface area contributed by atoms with Gasteiger partial charge >= 0.3 is 22.8 Å². The third-order valence-electron chi connectivity index (χ3n) is 11.6. The number of terminal acetylenes is 1. The van der Waals surface area contributed by atoms with Crippen LogP contribution in [0.2, 0.25) is 0 Å². The van der Waals surface area contributed by atoms with Crippen molar-refractivity contribution in [2.75, 3.05) is 6.61 Å². The third-order valence-corrected chi connectivity index (χ3v) is 11.6. The average Bonchev–Trinajstić information content (AvgIpc) is 1.69. The molecule has 0 atom stereocenters. The van der Waals surface area contributed by atoms with Crippen LogP contribution in [0.15, 0.2) is 165 Å². The summed E-state index contributed by atoms with van der Waals surface area (Å²) in [5.41, 5.74) is 4.92. The molecular weight excluding hydrogens is 1200 g/mol. The monoisotopic (exact) mass is 1270 g/mol. The molecule has 482 valence electrons. The number of hydrogen-bond acceptors (Lipinski definition) is 25. The summed E-state index contributed by atoms with van der Waals surface area (Å²) >= 11 is 0. The van der Waals surface area contributed by atoms with Crippen LogP contribution in [-0.4, -0.2) is 127 Å². The van der Waals surface area contributed by atoms with Gasteiger partial charge in [0.25, 0.3) is 29.4 Å². The third kappa shape index (κ3) is 19.3. The summed E-state index contributed by atoms with van der Waals surface area (Å²) in [6.45, 7) is 13.9. The number of aliphatic hydroxyl groups excluding tert-OH is 4. The van der Waals surface area contributed by atoms with Crippen molar-refractivity contribution in [2.24, 2.45) is 28.2 Å². The van der Waals surface area contributed by atoms with E-state index in [4.69, 9.17) is 50.1 Å². The van der Waals surface area contributed by atoms with Crippen molar-refractivity contribution >= 4 is 6.08 Å². The molecule has 0 aliphatic carbocycles. The number of rotatable bonds is 11. The maximum absolute atomic E-state index is 11.6. The maximum atomic E-state index is 11.6. The minimum atomic E-state index is -0.519. The van der Waals surface area contributed by atoms with Gasteiger partial charge in [-0.05, 0) is 100 Å². The Morgan fingerprint density at radius 1 is 0.478 bits per heavy atom. The van der Waals surface area contributed by atoms with Crippen LogP contribution >= 0.6 is 0 Å². The predicted octanol–water partition coefficient (Wildman–Crippen LogP) is 3.10. The van der Waals surface area contributed by atoms with Gasteiger partial charge in [0.15, 0.2) is 5.69 Å². The van der Waals surface area contributed by atoms with Crippen molar-refractivity contribution in [3.05, 3.63) is 231 Å². The van der Waals surface area contributed by atoms with E-state index in [-0.39, 0.29) is 66.1 Å². The molecule has 33 heteroatoms. The highest BCUT2D eigenvalue weighted by Crippen LogP contribution is 2.23. The predicted molar refractivity (Wildman–Crippen MR) is 329 cm³/mol. The molecule has 0 amide bonds. The summed E-state index contributed by atoms with van der Waals surface area (Å²) < 4.78 is 61.1. The van der Waals surface area contributed by atoms with E-state index in [1.54, 1.807) is 38.1 Å². The fourth-order valence-electron chi connectivity index (χ4n) is 6.77. The largest absolute Gasteiger partial charge is 0.475 e. The fourth-order valence-corrected chi connectivity index (χ4v) is 6.77. The summed E-state index contributed by atoms with van der Waals surface area (Å²) in [4.78, 5) is 46.1. The van der Waals surface area contributed by atoms with E-state index in [0.29, 0.717) is 53.3 Å². The minimum Gasteiger partial charge on any atom is -0.475 e. The van der Waals surface area contributed by atoms with Gasteiger partial charge < -0.3 is 43.3 Å². The van der Waals surface area contributed by atoms with Gasteiger partial charge in [-0.1, -0.05) is 166 Å². The highest BCUT2D eigenvalue weighted by molar-refractivity contribution is 5.50. The molecule has 8 aromatic heterocycles. The summed E-state index contributed by atoms with van der Waals surface area (Å²) in [7, 11) is 5.80. The summed E-state index contributed by atoms with van der Waals surface area (Å²) in [5.74, 6) is 2.51. The fraction of sp³-hybridized carbons (Fsp3) is 0.254.